The highest BCUT2D eigenvalue weighted by Crippen LogP contribution is 2.73. The van der Waals surface area contributed by atoms with E-state index in [1.807, 2.05) is 6.92 Å². The van der Waals surface area contributed by atoms with Gasteiger partial charge in [0.1, 0.15) is 43.2 Å². The highest BCUT2D eigenvalue weighted by Gasteiger charge is 2.69. The molecule has 9 N–H and O–H groups in total. The molecule has 0 aromatic rings. The summed E-state index contributed by atoms with van der Waals surface area (Å²) in [5.74, 6) is -0.775. The van der Waals surface area contributed by atoms with Crippen LogP contribution in [0.3, 0.4) is 0 Å². The lowest BCUT2D eigenvalue weighted by Crippen LogP contribution is -2.62. The zero-order valence-corrected chi connectivity index (χ0v) is 31.2. The number of carbonyl (C=O) groups excluding carboxylic acids is 1. The fourth-order valence-corrected chi connectivity index (χ4v) is 11.6. The van der Waals surface area contributed by atoms with Crippen molar-refractivity contribution >= 4 is 5.97 Å². The predicted molar refractivity (Wildman–Crippen MR) is 184 cm³/mol. The number of fused-ring (bicyclic) bond motifs is 3. The Morgan fingerprint density at radius 2 is 1.64 bits per heavy atom. The van der Waals surface area contributed by atoms with Gasteiger partial charge in [0.05, 0.1) is 49.1 Å². The SMILES string of the molecule is C=C1C[C@@]23CC[C@H]4[C@@](C)(CCC[C@@]4(C)C(=O)OC[C@@H](O)[C@H](O)[C@@H](O)CO)[C@@H]2CC[C@]1(O[C@@H]1O[C@H](CO)[C@@H](O)[C@H](O[C@@H]2O[C@H](CO)C[C@H](O)[C@H]2O)[C@H]1C)C3. The summed E-state index contributed by atoms with van der Waals surface area (Å²) in [6, 6.07) is 0. The molecule has 0 radical (unpaired) electrons. The lowest BCUT2D eigenvalue weighted by Gasteiger charge is -2.64. The van der Waals surface area contributed by atoms with Crippen molar-refractivity contribution in [2.45, 2.75) is 158 Å². The van der Waals surface area contributed by atoms with E-state index in [9.17, 15) is 45.6 Å². The third-order valence-electron chi connectivity index (χ3n) is 14.4. The first kappa shape index (κ1) is 41.3. The minimum atomic E-state index is -1.65. The van der Waals surface area contributed by atoms with Crippen LogP contribution in [-0.4, -0.2) is 151 Å². The van der Waals surface area contributed by atoms with Crippen LogP contribution in [-0.2, 0) is 28.5 Å². The first-order chi connectivity index (χ1) is 25.0. The number of esters is 1. The summed E-state index contributed by atoms with van der Waals surface area (Å²) < 4.78 is 30.5. The first-order valence-corrected chi connectivity index (χ1v) is 19.4. The molecule has 6 aliphatic rings. The molecule has 2 aliphatic heterocycles. The number of hydrogen-bond acceptors (Lipinski definition) is 15. The lowest BCUT2D eigenvalue weighted by molar-refractivity contribution is -0.351. The summed E-state index contributed by atoms with van der Waals surface area (Å²) in [7, 11) is 0. The van der Waals surface area contributed by atoms with Crippen molar-refractivity contribution < 1.29 is 74.4 Å². The van der Waals surface area contributed by atoms with Crippen LogP contribution in [0.15, 0.2) is 12.2 Å². The molecule has 304 valence electrons. The van der Waals surface area contributed by atoms with Gasteiger partial charge in [-0.2, -0.15) is 0 Å². The summed E-state index contributed by atoms with van der Waals surface area (Å²) in [6.45, 7) is 8.43. The normalized spacial score (nSPS) is 48.7. The molecule has 0 aromatic carbocycles. The fourth-order valence-electron chi connectivity index (χ4n) is 11.6. The highest BCUT2D eigenvalue weighted by atomic mass is 16.7. The molecule has 2 heterocycles. The lowest BCUT2D eigenvalue weighted by atomic mass is 9.41. The van der Waals surface area contributed by atoms with Gasteiger partial charge in [-0.15, -0.1) is 0 Å². The minimum Gasteiger partial charge on any atom is -0.462 e. The Morgan fingerprint density at radius 1 is 0.925 bits per heavy atom. The molecule has 53 heavy (non-hydrogen) atoms. The van der Waals surface area contributed by atoms with E-state index in [2.05, 4.69) is 13.5 Å². The summed E-state index contributed by atoms with van der Waals surface area (Å²) in [5, 5.41) is 91.3. The summed E-state index contributed by atoms with van der Waals surface area (Å²) in [5.41, 5.74) is -0.944. The van der Waals surface area contributed by atoms with Gasteiger partial charge in [0.15, 0.2) is 12.6 Å². The molecule has 0 unspecified atom stereocenters. The van der Waals surface area contributed by atoms with Crippen LogP contribution in [0.1, 0.15) is 85.0 Å². The van der Waals surface area contributed by atoms with Crippen LogP contribution in [0.5, 0.6) is 0 Å². The van der Waals surface area contributed by atoms with Crippen molar-refractivity contribution in [3.63, 3.8) is 0 Å². The van der Waals surface area contributed by atoms with E-state index < -0.39 is 110 Å². The molecule has 4 aliphatic carbocycles. The van der Waals surface area contributed by atoms with Crippen LogP contribution in [0.2, 0.25) is 0 Å². The Balaban J connectivity index is 1.17. The molecule has 2 saturated heterocycles. The van der Waals surface area contributed by atoms with Gasteiger partial charge in [0.25, 0.3) is 0 Å². The van der Waals surface area contributed by atoms with Gasteiger partial charge in [-0.3, -0.25) is 4.79 Å². The van der Waals surface area contributed by atoms with Crippen molar-refractivity contribution in [1.29, 1.82) is 0 Å². The van der Waals surface area contributed by atoms with E-state index >= 15 is 0 Å². The van der Waals surface area contributed by atoms with Crippen molar-refractivity contribution in [2.75, 3.05) is 26.4 Å². The molecule has 2 bridgehead atoms. The predicted octanol–water partition coefficient (Wildman–Crippen LogP) is -0.359. The maximum Gasteiger partial charge on any atom is 0.312 e. The van der Waals surface area contributed by atoms with Crippen LogP contribution in [0.25, 0.3) is 0 Å². The topological polar surface area (TPSA) is 245 Å². The van der Waals surface area contributed by atoms with E-state index in [0.29, 0.717) is 19.3 Å². The standard InChI is InChI=1S/C38H62O15/c1-19-13-37-10-6-26-35(3,8-5-9-36(26,4)34(48)49-17-24(44)28(45)23(43)15-40)27(37)7-11-38(19,18-37)53-32-20(2)31(30(47)25(16-41)51-32)52-33-29(46)22(42)12-21(14-39)50-33/h20-33,39-47H,1,5-18H2,2-4H3/t20-,21+,22+,23+,24-,25-,26+,27+,28-,29-,30-,31-,32+,33+,35-,36-,37-,38+/m1/s1. The average molecular weight is 759 g/mol. The smallest absolute Gasteiger partial charge is 0.312 e. The monoisotopic (exact) mass is 758 g/mol. The van der Waals surface area contributed by atoms with Crippen LogP contribution >= 0.6 is 0 Å². The molecular formula is C38H62O15. The molecule has 0 amide bonds. The Bertz CT molecular complexity index is 1320. The number of ether oxygens (including phenoxy) is 5. The third-order valence-corrected chi connectivity index (χ3v) is 14.4. The molecule has 6 fully saturated rings. The first-order valence-electron chi connectivity index (χ1n) is 19.4. The third kappa shape index (κ3) is 7.14. The fraction of sp³-hybridized carbons (Fsp3) is 0.921. The number of aliphatic hydroxyl groups is 9. The maximum absolute atomic E-state index is 13.8. The van der Waals surface area contributed by atoms with E-state index in [-0.39, 0.29) is 35.7 Å². The van der Waals surface area contributed by atoms with Gasteiger partial charge in [0, 0.05) is 12.3 Å². The van der Waals surface area contributed by atoms with Crippen molar-refractivity contribution in [3.8, 4) is 0 Å². The number of rotatable bonds is 12. The maximum atomic E-state index is 13.8. The Labute approximate surface area is 310 Å². The Hall–Kier alpha value is -1.31. The largest absolute Gasteiger partial charge is 0.462 e. The van der Waals surface area contributed by atoms with Crippen LogP contribution < -0.4 is 0 Å². The van der Waals surface area contributed by atoms with Crippen molar-refractivity contribution in [2.24, 2.45) is 34.0 Å². The average Bonchev–Trinajstić information content (AvgIpc) is 3.33. The number of hydrogen-bond donors (Lipinski definition) is 9. The van der Waals surface area contributed by atoms with Gasteiger partial charge in [-0.05, 0) is 86.5 Å². The molecular weight excluding hydrogens is 696 g/mol. The van der Waals surface area contributed by atoms with Gasteiger partial charge in [-0.1, -0.05) is 26.8 Å². The summed E-state index contributed by atoms with van der Waals surface area (Å²) in [6.07, 6.45) is -6.82. The molecule has 0 aromatic heterocycles. The van der Waals surface area contributed by atoms with Crippen molar-refractivity contribution in [1.82, 2.24) is 0 Å². The van der Waals surface area contributed by atoms with E-state index in [1.54, 1.807) is 6.92 Å². The number of carbonyl (C=O) groups is 1. The molecule has 6 rings (SSSR count). The Kier molecular flexibility index (Phi) is 12.1. The molecule has 15 heteroatoms. The molecule has 4 saturated carbocycles. The molecule has 15 nitrogen and oxygen atoms in total. The van der Waals surface area contributed by atoms with Crippen LogP contribution in [0, 0.1) is 34.0 Å². The second kappa shape index (κ2) is 15.6. The second-order valence-corrected chi connectivity index (χ2v) is 17.6. The summed E-state index contributed by atoms with van der Waals surface area (Å²) >= 11 is 0. The highest BCUT2D eigenvalue weighted by molar-refractivity contribution is 5.77. The van der Waals surface area contributed by atoms with E-state index in [1.165, 1.54) is 0 Å². The quantitative estimate of drug-likeness (QED) is 0.0701. The summed E-state index contributed by atoms with van der Waals surface area (Å²) in [4.78, 5) is 13.8. The second-order valence-electron chi connectivity index (χ2n) is 17.6. The van der Waals surface area contributed by atoms with E-state index in [0.717, 1.165) is 44.1 Å². The van der Waals surface area contributed by atoms with Gasteiger partial charge in [0.2, 0.25) is 0 Å². The van der Waals surface area contributed by atoms with Crippen molar-refractivity contribution in [3.05, 3.63) is 12.2 Å². The molecule has 1 spiro atoms. The zero-order valence-electron chi connectivity index (χ0n) is 31.2. The van der Waals surface area contributed by atoms with Crippen LogP contribution in [0.4, 0.5) is 0 Å². The Morgan fingerprint density at radius 3 is 2.32 bits per heavy atom. The van der Waals surface area contributed by atoms with E-state index in [4.69, 9.17) is 28.8 Å². The minimum absolute atomic E-state index is 0.00645. The van der Waals surface area contributed by atoms with Gasteiger partial charge >= 0.3 is 5.97 Å². The number of aliphatic hydroxyl groups excluding tert-OH is 9. The van der Waals surface area contributed by atoms with Gasteiger partial charge < -0.3 is 69.6 Å². The van der Waals surface area contributed by atoms with Gasteiger partial charge in [-0.25, -0.2) is 0 Å². The molecule has 18 atom stereocenters. The zero-order chi connectivity index (χ0) is 38.7.